The van der Waals surface area contributed by atoms with Gasteiger partial charge in [-0.3, -0.25) is 20.4 Å². The van der Waals surface area contributed by atoms with Crippen LogP contribution in [0.15, 0.2) is 95.1 Å². The molecule has 0 aromatic heterocycles. The van der Waals surface area contributed by atoms with Gasteiger partial charge in [-0.25, -0.2) is 10.9 Å². The molecule has 4 rings (SSSR count). The second-order valence-electron chi connectivity index (χ2n) is 11.4. The van der Waals surface area contributed by atoms with Crippen LogP contribution in [0.3, 0.4) is 0 Å². The number of guanidine groups is 2. The Morgan fingerprint density at radius 2 is 0.820 bits per heavy atom. The average molecular weight is 671 g/mol. The van der Waals surface area contributed by atoms with Crippen LogP contribution in [0.5, 0.6) is 0 Å². The maximum absolute atomic E-state index is 13.2. The first kappa shape index (κ1) is 35.9. The number of nitrogens with zero attached hydrogens (tertiary/aromatic N) is 2. The predicted molar refractivity (Wildman–Crippen MR) is 200 cm³/mol. The highest BCUT2D eigenvalue weighted by Gasteiger charge is 2.13. The summed E-state index contributed by atoms with van der Waals surface area (Å²) in [5, 5.41) is 44.7. The van der Waals surface area contributed by atoms with Gasteiger partial charge in [0.25, 0.3) is 11.8 Å². The molecule has 0 aliphatic rings. The van der Waals surface area contributed by atoms with Crippen LogP contribution in [0, 0.1) is 21.6 Å². The van der Waals surface area contributed by atoms with Crippen molar-refractivity contribution in [3.63, 3.8) is 0 Å². The van der Waals surface area contributed by atoms with Gasteiger partial charge in [-0.1, -0.05) is 24.3 Å². The van der Waals surface area contributed by atoms with Crippen molar-refractivity contribution in [2.75, 3.05) is 10.6 Å². The summed E-state index contributed by atoms with van der Waals surface area (Å²) in [4.78, 5) is 26.3. The molecule has 14 nitrogen and oxygen atoms in total. The first-order valence-electron chi connectivity index (χ1n) is 15.2. The van der Waals surface area contributed by atoms with Gasteiger partial charge in [-0.2, -0.15) is 10.2 Å². The van der Waals surface area contributed by atoms with Crippen LogP contribution < -0.4 is 33.0 Å². The van der Waals surface area contributed by atoms with E-state index in [9.17, 15) is 9.59 Å². The minimum absolute atomic E-state index is 0.308. The van der Waals surface area contributed by atoms with Crippen molar-refractivity contribution >= 4 is 58.0 Å². The van der Waals surface area contributed by atoms with Crippen LogP contribution in [-0.2, 0) is 0 Å². The molecule has 0 atom stereocenters. The Bertz CT molecular complexity index is 1910. The summed E-state index contributed by atoms with van der Waals surface area (Å²) in [5.41, 5.74) is 23.1. The Labute approximate surface area is 289 Å². The number of hydrazone groups is 2. The third-order valence-corrected chi connectivity index (χ3v) is 7.40. The van der Waals surface area contributed by atoms with Gasteiger partial charge in [-0.05, 0) is 111 Å². The van der Waals surface area contributed by atoms with Crippen molar-refractivity contribution in [1.82, 2.24) is 10.9 Å². The molecule has 14 heteroatoms. The average Bonchev–Trinajstić information content (AvgIpc) is 3.09. The Morgan fingerprint density at radius 3 is 1.12 bits per heavy atom. The highest BCUT2D eigenvalue weighted by Crippen LogP contribution is 2.23. The van der Waals surface area contributed by atoms with Gasteiger partial charge in [0.1, 0.15) is 0 Å². The van der Waals surface area contributed by atoms with Gasteiger partial charge in [0.15, 0.2) is 0 Å². The number of amides is 2. The number of rotatable bonds is 11. The van der Waals surface area contributed by atoms with Crippen LogP contribution in [0.4, 0.5) is 11.4 Å². The van der Waals surface area contributed by atoms with Gasteiger partial charge < -0.3 is 32.9 Å². The molecule has 0 saturated heterocycles. The molecule has 0 heterocycles. The van der Waals surface area contributed by atoms with E-state index in [-0.39, 0.29) is 23.7 Å². The van der Waals surface area contributed by atoms with Crippen molar-refractivity contribution < 1.29 is 9.59 Å². The summed E-state index contributed by atoms with van der Waals surface area (Å²) in [7, 11) is 0. The molecule has 0 saturated carbocycles. The second kappa shape index (κ2) is 15.8. The third kappa shape index (κ3) is 9.54. The lowest BCUT2D eigenvalue weighted by Crippen LogP contribution is -2.26. The fourth-order valence-corrected chi connectivity index (χ4v) is 4.70. The Morgan fingerprint density at radius 1 is 0.500 bits per heavy atom. The number of nitrogens with one attached hydrogen (secondary N) is 8. The van der Waals surface area contributed by atoms with E-state index in [2.05, 4.69) is 31.7 Å². The molecule has 0 aliphatic carbocycles. The smallest absolute Gasteiger partial charge is 0.255 e. The molecule has 4 aromatic carbocycles. The van der Waals surface area contributed by atoms with Gasteiger partial charge in [-0.15, -0.1) is 0 Å². The number of benzene rings is 4. The second-order valence-corrected chi connectivity index (χ2v) is 11.4. The van der Waals surface area contributed by atoms with Crippen LogP contribution in [0.25, 0.3) is 11.1 Å². The number of carbonyl (C=O) groups excluding carboxylic acids is 2. The molecule has 0 spiro atoms. The van der Waals surface area contributed by atoms with Crippen LogP contribution in [0.1, 0.15) is 70.7 Å². The summed E-state index contributed by atoms with van der Waals surface area (Å²) in [6, 6.07) is 24.5. The Hall–Kier alpha value is -6.96. The largest absolute Gasteiger partial charge is 0.369 e. The van der Waals surface area contributed by atoms with Gasteiger partial charge in [0, 0.05) is 45.1 Å². The standard InChI is InChI=1S/C36H38N12O2/c1-19(37)27-13-29(21(3)45-47-35(39)40)17-31(15-27)43-33(49)25-9-5-23(6-10-25)24-7-11-26(12-8-24)34(50)44-32-16-28(20(2)38)14-30(18-32)22(4)46-48-36(41)42/h5-18,37-38H,1-4H3,(H,43,49)(H,44,50)(H4,39,40,47)(H4,41,42,48)/b37-19?,38-20?,45-21-,46-22-. The lowest BCUT2D eigenvalue weighted by molar-refractivity contribution is 0.101. The molecular weight excluding hydrogens is 632 g/mol. The zero-order valence-corrected chi connectivity index (χ0v) is 27.9. The number of hydrogen-bond acceptors (Lipinski definition) is 8. The predicted octanol–water partition coefficient (Wildman–Crippen LogP) is 5.05. The van der Waals surface area contributed by atoms with E-state index in [4.69, 9.17) is 33.1 Å². The summed E-state index contributed by atoms with van der Waals surface area (Å²) in [5.74, 6) is -1.30. The molecule has 2 amide bonds. The fraction of sp³-hybridized carbons (Fsp3) is 0.111. The minimum atomic E-state index is -0.340. The molecule has 0 radical (unpaired) electrons. The normalized spacial score (nSPS) is 11.3. The van der Waals surface area contributed by atoms with E-state index in [1.807, 2.05) is 24.3 Å². The molecule has 0 unspecified atom stereocenters. The van der Waals surface area contributed by atoms with Crippen molar-refractivity contribution in [2.45, 2.75) is 27.7 Å². The third-order valence-electron chi connectivity index (χ3n) is 7.40. The molecule has 50 heavy (non-hydrogen) atoms. The summed E-state index contributed by atoms with van der Waals surface area (Å²) < 4.78 is 0. The number of anilines is 2. The van der Waals surface area contributed by atoms with Crippen LogP contribution in [-0.4, -0.2) is 46.6 Å². The maximum Gasteiger partial charge on any atom is 0.255 e. The van der Waals surface area contributed by atoms with Crippen molar-refractivity contribution in [3.8, 4) is 11.1 Å². The van der Waals surface area contributed by atoms with E-state index in [1.165, 1.54) is 0 Å². The Kier molecular flexibility index (Phi) is 11.3. The maximum atomic E-state index is 13.2. The highest BCUT2D eigenvalue weighted by molar-refractivity contribution is 6.10. The number of carbonyl (C=O) groups is 2. The van der Waals surface area contributed by atoms with E-state index in [0.29, 0.717) is 67.6 Å². The quantitative estimate of drug-likeness (QED) is 0.0593. The number of nitrogens with two attached hydrogens (primary N) is 2. The zero-order valence-electron chi connectivity index (χ0n) is 27.9. The fourth-order valence-electron chi connectivity index (χ4n) is 4.70. The first-order chi connectivity index (χ1) is 23.7. The van der Waals surface area contributed by atoms with E-state index >= 15 is 0 Å². The molecule has 0 aliphatic heterocycles. The molecule has 0 fully saturated rings. The molecule has 12 N–H and O–H groups in total. The summed E-state index contributed by atoms with van der Waals surface area (Å²) in [6.45, 7) is 6.74. The first-order valence-corrected chi connectivity index (χ1v) is 15.2. The summed E-state index contributed by atoms with van der Waals surface area (Å²) >= 11 is 0. The lowest BCUT2D eigenvalue weighted by atomic mass is 10.0. The molecule has 4 aromatic rings. The topological polar surface area (TPSA) is 254 Å². The van der Waals surface area contributed by atoms with Gasteiger partial charge in [0.2, 0.25) is 11.9 Å². The van der Waals surface area contributed by atoms with Crippen molar-refractivity contribution in [2.24, 2.45) is 21.7 Å². The molecule has 254 valence electrons. The van der Waals surface area contributed by atoms with Crippen molar-refractivity contribution in [1.29, 1.82) is 21.6 Å². The van der Waals surface area contributed by atoms with Crippen molar-refractivity contribution in [3.05, 3.63) is 118 Å². The molecule has 0 bridgehead atoms. The van der Waals surface area contributed by atoms with E-state index in [0.717, 1.165) is 11.1 Å². The highest BCUT2D eigenvalue weighted by atomic mass is 16.2. The monoisotopic (exact) mass is 670 g/mol. The Balaban J connectivity index is 1.47. The molecular formula is C36H38N12O2. The van der Waals surface area contributed by atoms with Crippen LogP contribution >= 0.6 is 0 Å². The van der Waals surface area contributed by atoms with Gasteiger partial charge >= 0.3 is 0 Å². The van der Waals surface area contributed by atoms with Gasteiger partial charge in [0.05, 0.1) is 11.4 Å². The lowest BCUT2D eigenvalue weighted by Gasteiger charge is -2.12. The number of hydrogen-bond donors (Lipinski definition) is 10. The minimum Gasteiger partial charge on any atom is -0.369 e. The van der Waals surface area contributed by atoms with E-state index in [1.54, 1.807) is 88.4 Å². The summed E-state index contributed by atoms with van der Waals surface area (Å²) in [6.07, 6.45) is 0. The zero-order chi connectivity index (χ0) is 36.5. The van der Waals surface area contributed by atoms with E-state index < -0.39 is 0 Å². The SMILES string of the molecule is CC(=N)c1cc(NC(=O)c2ccc(-c3ccc(C(=O)Nc4cc(C(C)=N)cc(/C(C)=N\NC(=N)N)c4)cc3)cc2)cc(/C(C)=N\NC(=N)N)c1. The van der Waals surface area contributed by atoms with Crippen LogP contribution in [0.2, 0.25) is 0 Å².